The lowest BCUT2D eigenvalue weighted by atomic mass is 10.1. The quantitative estimate of drug-likeness (QED) is 0.324. The van der Waals surface area contributed by atoms with Crippen molar-refractivity contribution >= 4 is 33.7 Å². The van der Waals surface area contributed by atoms with Crippen molar-refractivity contribution in [3.63, 3.8) is 0 Å². The van der Waals surface area contributed by atoms with Crippen LogP contribution >= 0.6 is 0 Å². The van der Waals surface area contributed by atoms with E-state index in [0.29, 0.717) is 15.3 Å². The van der Waals surface area contributed by atoms with Crippen molar-refractivity contribution < 1.29 is 32.5 Å². The highest BCUT2D eigenvalue weighted by Crippen LogP contribution is 2.36. The number of likely N-dealkylation sites (tertiary alicyclic amines) is 1. The van der Waals surface area contributed by atoms with Gasteiger partial charge in [0.2, 0.25) is 5.82 Å². The van der Waals surface area contributed by atoms with Gasteiger partial charge in [0, 0.05) is 42.7 Å². The number of ether oxygens (including phenoxy) is 2. The van der Waals surface area contributed by atoms with E-state index in [9.17, 15) is 27.9 Å². The van der Waals surface area contributed by atoms with Gasteiger partial charge in [-0.1, -0.05) is 24.3 Å². The minimum atomic E-state index is -5.06. The number of halogens is 3. The van der Waals surface area contributed by atoms with E-state index >= 15 is 0 Å². The molecule has 2 aliphatic heterocycles. The van der Waals surface area contributed by atoms with Gasteiger partial charge in [0.1, 0.15) is 17.9 Å². The third-order valence-electron chi connectivity index (χ3n) is 8.73. The van der Waals surface area contributed by atoms with Crippen LogP contribution in [0, 0.1) is 0 Å². The Hall–Kier alpha value is -4.66. The summed E-state index contributed by atoms with van der Waals surface area (Å²) in [6.45, 7) is 4.70. The number of alkyl halides is 3. The molecule has 2 fully saturated rings. The molecular weight excluding hydrogens is 607 g/mol. The van der Waals surface area contributed by atoms with Crippen LogP contribution < -0.4 is 19.9 Å². The molecule has 4 heterocycles. The van der Waals surface area contributed by atoms with Gasteiger partial charge in [-0.15, -0.1) is 0 Å². The van der Waals surface area contributed by atoms with Gasteiger partial charge in [0.15, 0.2) is 11.3 Å². The van der Waals surface area contributed by atoms with E-state index in [4.69, 9.17) is 9.47 Å². The van der Waals surface area contributed by atoms with Crippen molar-refractivity contribution in [3.05, 3.63) is 52.6 Å². The van der Waals surface area contributed by atoms with Crippen LogP contribution in [-0.2, 0) is 6.18 Å². The average Bonchev–Trinajstić information content (AvgIpc) is 3.43. The molecule has 1 amide bonds. The number of rotatable bonds is 6. The topological polar surface area (TPSA) is 126 Å². The Balaban J connectivity index is 1.62. The number of nitrogens with zero attached hydrogens (tertiary/aromatic N) is 7. The molecule has 1 N–H and O–H groups in total. The molecule has 6 rings (SSSR count). The maximum absolute atomic E-state index is 14.9. The fourth-order valence-electron chi connectivity index (χ4n) is 6.51. The number of hydrogen-bond donors (Lipinski definition) is 1. The monoisotopic (exact) mass is 641 g/mol. The molecule has 0 aliphatic carbocycles. The zero-order valence-electron chi connectivity index (χ0n) is 25.8. The summed E-state index contributed by atoms with van der Waals surface area (Å²) >= 11 is 0. The molecule has 0 spiro atoms. The molecular formula is C31H34F3N7O5. The van der Waals surface area contributed by atoms with Crippen LogP contribution in [-0.4, -0.2) is 99.0 Å². The van der Waals surface area contributed by atoms with Crippen LogP contribution in [0.1, 0.15) is 32.5 Å². The third-order valence-corrected chi connectivity index (χ3v) is 8.73. The molecule has 2 aromatic carbocycles. The number of fused-ring (bicyclic) bond motifs is 2. The highest BCUT2D eigenvalue weighted by molar-refractivity contribution is 5.93. The second kappa shape index (κ2) is 11.9. The van der Waals surface area contributed by atoms with E-state index in [2.05, 4.69) is 19.9 Å². The van der Waals surface area contributed by atoms with Gasteiger partial charge in [0.05, 0.1) is 12.8 Å². The summed E-state index contributed by atoms with van der Waals surface area (Å²) in [6, 6.07) is 8.60. The maximum atomic E-state index is 14.9. The van der Waals surface area contributed by atoms with Crippen LogP contribution in [0.2, 0.25) is 0 Å². The Morgan fingerprint density at radius 3 is 2.41 bits per heavy atom. The molecule has 244 valence electrons. The first-order chi connectivity index (χ1) is 21.9. The molecule has 12 nitrogen and oxygen atoms in total. The summed E-state index contributed by atoms with van der Waals surface area (Å²) in [6.07, 6.45) is -4.30. The van der Waals surface area contributed by atoms with Crippen LogP contribution in [0.15, 0.2) is 41.2 Å². The lowest BCUT2D eigenvalue weighted by Crippen LogP contribution is -2.58. The lowest BCUT2D eigenvalue weighted by molar-refractivity contribution is -0.146. The van der Waals surface area contributed by atoms with Gasteiger partial charge in [-0.2, -0.15) is 23.1 Å². The number of anilines is 1. The number of aromatic nitrogens is 4. The van der Waals surface area contributed by atoms with E-state index in [1.807, 2.05) is 7.05 Å². The number of hydrogen-bond acceptors (Lipinski definition) is 9. The molecule has 15 heteroatoms. The number of carbonyl (C=O) groups is 1. The maximum Gasteiger partial charge on any atom is 0.450 e. The molecule has 2 aliphatic rings. The summed E-state index contributed by atoms with van der Waals surface area (Å²) in [5.41, 5.74) is -1.85. The van der Waals surface area contributed by atoms with Gasteiger partial charge in [-0.05, 0) is 51.7 Å². The van der Waals surface area contributed by atoms with Crippen molar-refractivity contribution in [2.24, 2.45) is 0 Å². The van der Waals surface area contributed by atoms with Crippen molar-refractivity contribution in [1.82, 2.24) is 29.3 Å². The predicted octanol–water partition coefficient (Wildman–Crippen LogP) is 4.41. The van der Waals surface area contributed by atoms with Crippen LogP contribution in [0.25, 0.3) is 27.5 Å². The molecule has 4 aromatic rings. The molecule has 3 atom stereocenters. The number of methoxy groups -OCH3 is 1. The zero-order chi connectivity index (χ0) is 32.9. The Morgan fingerprint density at radius 1 is 1.07 bits per heavy atom. The lowest BCUT2D eigenvalue weighted by Gasteiger charge is -2.44. The Labute approximate surface area is 262 Å². The number of benzene rings is 2. The standard InChI is InChI=1S/C31H34F3N7O5/c1-17-14-39(30(43)44)15-18(2)40(17)26-24-25(36-29(37-26)46-16-20-9-7-11-38(20)3)27(42)41(28(35-24)31(32,33)34)23-13-21(45-4)12-19-8-5-6-10-22(19)23/h5-6,8,10,12-13,17-18,20H,7,9,11,14-16H2,1-4H3,(H,43,44)/t17-,18-,20-/m0/s1. The van der Waals surface area contributed by atoms with Crippen molar-refractivity contribution in [1.29, 1.82) is 0 Å². The van der Waals surface area contributed by atoms with Gasteiger partial charge in [0.25, 0.3) is 5.56 Å². The average molecular weight is 642 g/mol. The molecule has 0 radical (unpaired) electrons. The van der Waals surface area contributed by atoms with Crippen molar-refractivity contribution in [2.75, 3.05) is 45.3 Å². The third kappa shape index (κ3) is 5.63. The van der Waals surface area contributed by atoms with Crippen molar-refractivity contribution in [3.8, 4) is 17.4 Å². The summed E-state index contributed by atoms with van der Waals surface area (Å²) in [5.74, 6) is -1.24. The summed E-state index contributed by atoms with van der Waals surface area (Å²) in [7, 11) is 3.36. The molecule has 2 aromatic heterocycles. The number of amides is 1. The fourth-order valence-corrected chi connectivity index (χ4v) is 6.51. The minimum absolute atomic E-state index is 0.0323. The molecule has 0 saturated carbocycles. The number of piperazine rings is 1. The zero-order valence-corrected chi connectivity index (χ0v) is 25.8. The first kappa shape index (κ1) is 31.3. The van der Waals surface area contributed by atoms with E-state index < -0.39 is 35.7 Å². The molecule has 46 heavy (non-hydrogen) atoms. The Morgan fingerprint density at radius 2 is 1.78 bits per heavy atom. The van der Waals surface area contributed by atoms with Gasteiger partial charge in [-0.3, -0.25) is 9.36 Å². The van der Waals surface area contributed by atoms with Crippen LogP contribution in [0.4, 0.5) is 23.8 Å². The second-order valence-electron chi connectivity index (χ2n) is 11.8. The first-order valence-electron chi connectivity index (χ1n) is 15.0. The van der Waals surface area contributed by atoms with Crippen molar-refractivity contribution in [2.45, 2.75) is 51.0 Å². The highest BCUT2D eigenvalue weighted by atomic mass is 19.4. The SMILES string of the molecule is COc1cc(-n2c(C(F)(F)F)nc3c(N4[C@@H](C)CN(C(=O)O)C[C@@H]4C)nc(OC[C@@H]4CCCN4C)nc3c2=O)c2ccccc2c1. The number of likely N-dealkylation sites (N-methyl/N-ethyl adjacent to an activating group) is 1. The summed E-state index contributed by atoms with van der Waals surface area (Å²) in [5, 5.41) is 10.6. The van der Waals surface area contributed by atoms with Gasteiger partial charge < -0.3 is 29.3 Å². The van der Waals surface area contributed by atoms with Gasteiger partial charge in [-0.25, -0.2) is 9.78 Å². The van der Waals surface area contributed by atoms with Gasteiger partial charge >= 0.3 is 18.3 Å². The van der Waals surface area contributed by atoms with Crippen LogP contribution in [0.5, 0.6) is 11.8 Å². The Kier molecular flexibility index (Phi) is 8.12. The highest BCUT2D eigenvalue weighted by Gasteiger charge is 2.41. The second-order valence-corrected chi connectivity index (χ2v) is 11.8. The van der Waals surface area contributed by atoms with E-state index in [0.717, 1.165) is 19.4 Å². The van der Waals surface area contributed by atoms with Crippen LogP contribution in [0.3, 0.4) is 0 Å². The van der Waals surface area contributed by atoms with E-state index in [1.165, 1.54) is 18.1 Å². The normalized spacial score (nSPS) is 20.9. The summed E-state index contributed by atoms with van der Waals surface area (Å²) < 4.78 is 56.6. The smallest absolute Gasteiger partial charge is 0.450 e. The molecule has 0 bridgehead atoms. The largest absolute Gasteiger partial charge is 0.497 e. The summed E-state index contributed by atoms with van der Waals surface area (Å²) in [4.78, 5) is 44.2. The fraction of sp³-hybridized carbons (Fsp3) is 0.452. The molecule has 0 unspecified atom stereocenters. The minimum Gasteiger partial charge on any atom is -0.497 e. The first-order valence-corrected chi connectivity index (χ1v) is 15.0. The van der Waals surface area contributed by atoms with E-state index in [-0.39, 0.29) is 60.0 Å². The number of carboxylic acid groups (broad SMARTS) is 1. The Bertz CT molecular complexity index is 1850. The van der Waals surface area contributed by atoms with E-state index in [1.54, 1.807) is 49.1 Å². The predicted molar refractivity (Wildman–Crippen MR) is 164 cm³/mol. The molecule has 2 saturated heterocycles.